The van der Waals surface area contributed by atoms with Gasteiger partial charge in [0.25, 0.3) is 0 Å². The van der Waals surface area contributed by atoms with Crippen LogP contribution < -0.4 is 5.73 Å². The van der Waals surface area contributed by atoms with Crippen LogP contribution >= 0.6 is 0 Å². The summed E-state index contributed by atoms with van der Waals surface area (Å²) < 4.78 is 13.2. The Labute approximate surface area is 120 Å². The lowest BCUT2D eigenvalue weighted by molar-refractivity contribution is 0.417. The fraction of sp³-hybridized carbons (Fsp3) is 0.333. The average Bonchev–Trinajstić information content (AvgIpc) is 2.48. The van der Waals surface area contributed by atoms with Crippen molar-refractivity contribution in [2.45, 2.75) is 32.1 Å². The fourth-order valence-electron chi connectivity index (χ4n) is 2.78. The molecule has 1 nitrogen and oxygen atoms in total. The van der Waals surface area contributed by atoms with Crippen LogP contribution in [0.4, 0.5) is 4.39 Å². The highest BCUT2D eigenvalue weighted by Gasteiger charge is 2.29. The van der Waals surface area contributed by atoms with E-state index in [2.05, 4.69) is 19.1 Å². The van der Waals surface area contributed by atoms with Crippen LogP contribution in [-0.4, -0.2) is 6.54 Å². The first-order valence-corrected chi connectivity index (χ1v) is 7.12. The van der Waals surface area contributed by atoms with Crippen molar-refractivity contribution in [1.29, 1.82) is 0 Å². The van der Waals surface area contributed by atoms with E-state index in [1.54, 1.807) is 6.07 Å². The van der Waals surface area contributed by atoms with Crippen molar-refractivity contribution in [3.05, 3.63) is 71.0 Å². The topological polar surface area (TPSA) is 26.0 Å². The van der Waals surface area contributed by atoms with E-state index in [0.717, 1.165) is 18.4 Å². The number of nitrogens with two attached hydrogens (primary N) is 1. The predicted molar refractivity (Wildman–Crippen MR) is 82.3 cm³/mol. The SMILES string of the molecule is CCC(CN)(Cc1ccc(F)cc1C)c1ccccc1. The summed E-state index contributed by atoms with van der Waals surface area (Å²) >= 11 is 0. The maximum Gasteiger partial charge on any atom is 0.123 e. The van der Waals surface area contributed by atoms with Gasteiger partial charge in [0.05, 0.1) is 0 Å². The summed E-state index contributed by atoms with van der Waals surface area (Å²) in [5, 5.41) is 0. The second kappa shape index (κ2) is 6.19. The van der Waals surface area contributed by atoms with Crippen molar-refractivity contribution in [3.8, 4) is 0 Å². The van der Waals surface area contributed by atoms with E-state index >= 15 is 0 Å². The van der Waals surface area contributed by atoms with Crippen molar-refractivity contribution in [2.24, 2.45) is 5.73 Å². The van der Waals surface area contributed by atoms with E-state index in [4.69, 9.17) is 5.73 Å². The second-order valence-electron chi connectivity index (χ2n) is 5.45. The highest BCUT2D eigenvalue weighted by atomic mass is 19.1. The standard InChI is InChI=1S/C18H22FN/c1-3-18(13-20,16-7-5-4-6-8-16)12-15-9-10-17(19)11-14(15)2/h4-11H,3,12-13,20H2,1-2H3. The van der Waals surface area contributed by atoms with Gasteiger partial charge in [0.1, 0.15) is 5.82 Å². The molecule has 1 unspecified atom stereocenters. The fourth-order valence-corrected chi connectivity index (χ4v) is 2.78. The maximum atomic E-state index is 13.2. The van der Waals surface area contributed by atoms with Gasteiger partial charge >= 0.3 is 0 Å². The van der Waals surface area contributed by atoms with Gasteiger partial charge < -0.3 is 5.73 Å². The van der Waals surface area contributed by atoms with Crippen molar-refractivity contribution in [1.82, 2.24) is 0 Å². The van der Waals surface area contributed by atoms with Gasteiger partial charge in [0.15, 0.2) is 0 Å². The van der Waals surface area contributed by atoms with Gasteiger partial charge in [-0.25, -0.2) is 4.39 Å². The zero-order valence-electron chi connectivity index (χ0n) is 12.2. The molecule has 0 aromatic heterocycles. The van der Waals surface area contributed by atoms with Crippen molar-refractivity contribution in [3.63, 3.8) is 0 Å². The molecule has 20 heavy (non-hydrogen) atoms. The van der Waals surface area contributed by atoms with Crippen molar-refractivity contribution in [2.75, 3.05) is 6.54 Å². The Hall–Kier alpha value is -1.67. The molecule has 0 fully saturated rings. The first kappa shape index (κ1) is 14.7. The van der Waals surface area contributed by atoms with Crippen LogP contribution in [0, 0.1) is 12.7 Å². The van der Waals surface area contributed by atoms with Gasteiger partial charge in [-0.05, 0) is 48.6 Å². The van der Waals surface area contributed by atoms with E-state index in [-0.39, 0.29) is 11.2 Å². The van der Waals surface area contributed by atoms with Gasteiger partial charge in [0.2, 0.25) is 0 Å². The highest BCUT2D eigenvalue weighted by molar-refractivity contribution is 5.34. The average molecular weight is 271 g/mol. The molecule has 106 valence electrons. The number of hydrogen-bond donors (Lipinski definition) is 1. The molecule has 0 aliphatic rings. The summed E-state index contributed by atoms with van der Waals surface area (Å²) in [5.74, 6) is -0.180. The predicted octanol–water partition coefficient (Wildman–Crippen LogP) is 3.98. The summed E-state index contributed by atoms with van der Waals surface area (Å²) in [6, 6.07) is 15.4. The van der Waals surface area contributed by atoms with Crippen LogP contribution in [0.5, 0.6) is 0 Å². The van der Waals surface area contributed by atoms with Crippen molar-refractivity contribution >= 4 is 0 Å². The van der Waals surface area contributed by atoms with Gasteiger partial charge in [-0.15, -0.1) is 0 Å². The molecule has 0 saturated carbocycles. The molecule has 0 radical (unpaired) electrons. The van der Waals surface area contributed by atoms with Crippen LogP contribution in [0.1, 0.15) is 30.0 Å². The summed E-state index contributed by atoms with van der Waals surface area (Å²) in [6.45, 7) is 4.71. The third kappa shape index (κ3) is 2.91. The number of hydrogen-bond acceptors (Lipinski definition) is 1. The molecule has 2 rings (SSSR count). The molecular formula is C18H22FN. The molecule has 0 bridgehead atoms. The quantitative estimate of drug-likeness (QED) is 0.874. The molecule has 0 spiro atoms. The molecule has 0 aliphatic carbocycles. The van der Waals surface area contributed by atoms with Crippen LogP contribution in [0.25, 0.3) is 0 Å². The molecule has 0 aliphatic heterocycles. The van der Waals surface area contributed by atoms with Gasteiger partial charge in [0, 0.05) is 12.0 Å². The lowest BCUT2D eigenvalue weighted by Crippen LogP contribution is -2.37. The first-order valence-electron chi connectivity index (χ1n) is 7.12. The molecule has 0 amide bonds. The Morgan fingerprint density at radius 2 is 1.80 bits per heavy atom. The van der Waals surface area contributed by atoms with Crippen LogP contribution in [0.3, 0.4) is 0 Å². The molecule has 1 atom stereocenters. The molecule has 2 N–H and O–H groups in total. The second-order valence-corrected chi connectivity index (χ2v) is 5.45. The molecule has 2 aromatic rings. The van der Waals surface area contributed by atoms with Crippen LogP contribution in [0.15, 0.2) is 48.5 Å². The Morgan fingerprint density at radius 3 is 2.35 bits per heavy atom. The Kier molecular flexibility index (Phi) is 4.56. The number of halogens is 1. The summed E-state index contributed by atoms with van der Waals surface area (Å²) in [7, 11) is 0. The van der Waals surface area contributed by atoms with Gasteiger partial charge in [-0.3, -0.25) is 0 Å². The van der Waals surface area contributed by atoms with E-state index in [9.17, 15) is 4.39 Å². The minimum Gasteiger partial charge on any atom is -0.330 e. The normalized spacial score (nSPS) is 14.0. The van der Waals surface area contributed by atoms with E-state index in [1.165, 1.54) is 17.2 Å². The molecule has 2 aromatic carbocycles. The smallest absolute Gasteiger partial charge is 0.123 e. The van der Waals surface area contributed by atoms with E-state index in [1.807, 2.05) is 31.2 Å². The zero-order valence-corrected chi connectivity index (χ0v) is 12.2. The minimum absolute atomic E-state index is 0.0795. The largest absolute Gasteiger partial charge is 0.330 e. The molecule has 0 saturated heterocycles. The minimum atomic E-state index is -0.180. The maximum absolute atomic E-state index is 13.2. The Balaban J connectivity index is 2.39. The lowest BCUT2D eigenvalue weighted by Gasteiger charge is -2.33. The lowest BCUT2D eigenvalue weighted by atomic mass is 9.73. The van der Waals surface area contributed by atoms with Gasteiger partial charge in [-0.1, -0.05) is 43.3 Å². The summed E-state index contributed by atoms with van der Waals surface area (Å²) in [6.07, 6.45) is 1.81. The summed E-state index contributed by atoms with van der Waals surface area (Å²) in [5.41, 5.74) is 9.44. The Morgan fingerprint density at radius 1 is 1.10 bits per heavy atom. The molecular weight excluding hydrogens is 249 g/mol. The van der Waals surface area contributed by atoms with E-state index < -0.39 is 0 Å². The zero-order chi connectivity index (χ0) is 14.6. The van der Waals surface area contributed by atoms with Crippen LogP contribution in [-0.2, 0) is 11.8 Å². The monoisotopic (exact) mass is 271 g/mol. The first-order chi connectivity index (χ1) is 9.61. The molecule has 0 heterocycles. The molecule has 2 heteroatoms. The number of aryl methyl sites for hydroxylation is 1. The number of rotatable bonds is 5. The third-order valence-corrected chi connectivity index (χ3v) is 4.29. The summed E-state index contributed by atoms with van der Waals surface area (Å²) in [4.78, 5) is 0. The van der Waals surface area contributed by atoms with E-state index in [0.29, 0.717) is 6.54 Å². The Bertz CT molecular complexity index is 559. The third-order valence-electron chi connectivity index (χ3n) is 4.29. The van der Waals surface area contributed by atoms with Crippen molar-refractivity contribution < 1.29 is 4.39 Å². The van der Waals surface area contributed by atoms with Gasteiger partial charge in [-0.2, -0.15) is 0 Å². The van der Waals surface area contributed by atoms with Crippen LogP contribution in [0.2, 0.25) is 0 Å². The number of benzene rings is 2. The highest BCUT2D eigenvalue weighted by Crippen LogP contribution is 2.32.